The summed E-state index contributed by atoms with van der Waals surface area (Å²) in [5.41, 5.74) is -0.805. The highest BCUT2D eigenvalue weighted by atomic mass is 35.5. The number of aliphatic hydroxyl groups is 1. The van der Waals surface area contributed by atoms with Crippen LogP contribution in [0.25, 0.3) is 0 Å². The molecule has 0 amide bonds. The van der Waals surface area contributed by atoms with Crippen LogP contribution in [0.1, 0.15) is 18.9 Å². The van der Waals surface area contributed by atoms with Gasteiger partial charge in [0.05, 0.1) is 12.0 Å². The van der Waals surface area contributed by atoms with Gasteiger partial charge in [0.2, 0.25) is 0 Å². The molecule has 0 aromatic heterocycles. The molecule has 1 aromatic rings. The normalized spacial score (nSPS) is 14.8. The molecule has 2 N–H and O–H groups in total. The largest absolute Gasteiger partial charge is 0.481 e. The molecule has 0 radical (unpaired) electrons. The minimum atomic E-state index is -1.35. The molecule has 3 nitrogen and oxygen atoms in total. The molecule has 0 aliphatic rings. The first kappa shape index (κ1) is 11.0. The van der Waals surface area contributed by atoms with Crippen LogP contribution in [-0.4, -0.2) is 16.2 Å². The van der Waals surface area contributed by atoms with Gasteiger partial charge in [-0.1, -0.05) is 23.7 Å². The van der Waals surface area contributed by atoms with E-state index in [1.807, 2.05) is 0 Å². The van der Waals surface area contributed by atoms with Crippen molar-refractivity contribution in [2.45, 2.75) is 18.9 Å². The van der Waals surface area contributed by atoms with E-state index in [4.69, 9.17) is 16.7 Å². The number of carboxylic acids is 1. The zero-order valence-corrected chi connectivity index (χ0v) is 8.45. The molecule has 76 valence electrons. The second kappa shape index (κ2) is 3.98. The van der Waals surface area contributed by atoms with E-state index in [1.54, 1.807) is 24.3 Å². The lowest BCUT2D eigenvalue weighted by Gasteiger charge is -2.21. The van der Waals surface area contributed by atoms with Crippen LogP contribution in [0.3, 0.4) is 0 Å². The lowest BCUT2D eigenvalue weighted by atomic mass is 9.93. The van der Waals surface area contributed by atoms with Gasteiger partial charge in [-0.05, 0) is 24.6 Å². The molecule has 0 fully saturated rings. The molecule has 1 unspecified atom stereocenters. The van der Waals surface area contributed by atoms with E-state index in [1.165, 1.54) is 6.92 Å². The smallest absolute Gasteiger partial charge is 0.306 e. The van der Waals surface area contributed by atoms with E-state index in [2.05, 4.69) is 0 Å². The first-order valence-corrected chi connectivity index (χ1v) is 4.50. The molecular formula is C10H11ClO3. The van der Waals surface area contributed by atoms with Crippen LogP contribution < -0.4 is 0 Å². The summed E-state index contributed by atoms with van der Waals surface area (Å²) in [7, 11) is 0. The third kappa shape index (κ3) is 2.72. The van der Waals surface area contributed by atoms with Crippen LogP contribution in [-0.2, 0) is 10.4 Å². The number of hydrogen-bond acceptors (Lipinski definition) is 2. The fraction of sp³-hybridized carbons (Fsp3) is 0.300. The van der Waals surface area contributed by atoms with Gasteiger partial charge < -0.3 is 10.2 Å². The molecular weight excluding hydrogens is 204 g/mol. The first-order valence-electron chi connectivity index (χ1n) is 4.12. The summed E-state index contributed by atoms with van der Waals surface area (Å²) >= 11 is 5.67. The third-order valence-electron chi connectivity index (χ3n) is 1.96. The molecule has 14 heavy (non-hydrogen) atoms. The van der Waals surface area contributed by atoms with E-state index < -0.39 is 11.6 Å². The van der Waals surface area contributed by atoms with Crippen molar-refractivity contribution >= 4 is 17.6 Å². The summed E-state index contributed by atoms with van der Waals surface area (Å²) in [6.07, 6.45) is -0.325. The molecule has 1 atom stereocenters. The topological polar surface area (TPSA) is 57.5 Å². The molecule has 0 aliphatic carbocycles. The molecule has 0 saturated carbocycles. The van der Waals surface area contributed by atoms with Gasteiger partial charge in [-0.3, -0.25) is 4.79 Å². The Morgan fingerprint density at radius 1 is 1.43 bits per heavy atom. The lowest BCUT2D eigenvalue weighted by molar-refractivity contribution is -0.142. The fourth-order valence-electron chi connectivity index (χ4n) is 1.21. The second-order valence-electron chi connectivity index (χ2n) is 3.35. The molecule has 4 heteroatoms. The SMILES string of the molecule is CC(O)(CC(=O)O)c1ccc(Cl)cc1. The van der Waals surface area contributed by atoms with Gasteiger partial charge in [-0.15, -0.1) is 0 Å². The van der Waals surface area contributed by atoms with E-state index in [-0.39, 0.29) is 6.42 Å². The Morgan fingerprint density at radius 3 is 2.36 bits per heavy atom. The van der Waals surface area contributed by atoms with Gasteiger partial charge in [0, 0.05) is 5.02 Å². The maximum Gasteiger partial charge on any atom is 0.306 e. The number of carboxylic acid groups (broad SMARTS) is 1. The van der Waals surface area contributed by atoms with Crippen molar-refractivity contribution in [2.75, 3.05) is 0 Å². The average Bonchev–Trinajstić information content (AvgIpc) is 2.02. The van der Waals surface area contributed by atoms with E-state index in [0.29, 0.717) is 10.6 Å². The number of carbonyl (C=O) groups is 1. The molecule has 0 aliphatic heterocycles. The number of halogens is 1. The van der Waals surface area contributed by atoms with Crippen molar-refractivity contribution < 1.29 is 15.0 Å². The molecule has 0 heterocycles. The quantitative estimate of drug-likeness (QED) is 0.810. The van der Waals surface area contributed by atoms with E-state index in [9.17, 15) is 9.90 Å². The van der Waals surface area contributed by atoms with Gasteiger partial charge in [0.25, 0.3) is 0 Å². The predicted octanol–water partition coefficient (Wildman–Crippen LogP) is 2.02. The van der Waals surface area contributed by atoms with Gasteiger partial charge in [-0.2, -0.15) is 0 Å². The zero-order valence-electron chi connectivity index (χ0n) is 7.70. The first-order chi connectivity index (χ1) is 6.42. The van der Waals surface area contributed by atoms with Crippen LogP contribution in [0.15, 0.2) is 24.3 Å². The number of hydrogen-bond donors (Lipinski definition) is 2. The Bertz CT molecular complexity index is 330. The highest BCUT2D eigenvalue weighted by molar-refractivity contribution is 6.30. The molecule has 0 spiro atoms. The minimum absolute atomic E-state index is 0.325. The zero-order chi connectivity index (χ0) is 10.8. The van der Waals surface area contributed by atoms with Crippen molar-refractivity contribution in [1.82, 2.24) is 0 Å². The summed E-state index contributed by atoms with van der Waals surface area (Å²) in [5.74, 6) is -1.04. The summed E-state index contributed by atoms with van der Waals surface area (Å²) in [5, 5.41) is 19.0. The third-order valence-corrected chi connectivity index (χ3v) is 2.21. The van der Waals surface area contributed by atoms with Gasteiger partial charge in [-0.25, -0.2) is 0 Å². The highest BCUT2D eigenvalue weighted by Gasteiger charge is 2.26. The molecule has 1 rings (SSSR count). The van der Waals surface area contributed by atoms with Gasteiger partial charge in [0.1, 0.15) is 0 Å². The second-order valence-corrected chi connectivity index (χ2v) is 3.79. The summed E-state index contributed by atoms with van der Waals surface area (Å²) in [6, 6.07) is 6.47. The monoisotopic (exact) mass is 214 g/mol. The number of aliphatic carboxylic acids is 1. The van der Waals surface area contributed by atoms with Crippen LogP contribution >= 0.6 is 11.6 Å². The number of rotatable bonds is 3. The molecule has 1 aromatic carbocycles. The van der Waals surface area contributed by atoms with Crippen LogP contribution in [0.4, 0.5) is 0 Å². The maximum absolute atomic E-state index is 10.5. The molecule has 0 bridgehead atoms. The Morgan fingerprint density at radius 2 is 1.93 bits per heavy atom. The van der Waals surface area contributed by atoms with Crippen molar-refractivity contribution in [3.63, 3.8) is 0 Å². The minimum Gasteiger partial charge on any atom is -0.481 e. The van der Waals surface area contributed by atoms with Crippen molar-refractivity contribution in [1.29, 1.82) is 0 Å². The standard InChI is InChI=1S/C10H11ClO3/c1-10(14,6-9(12)13)7-2-4-8(11)5-3-7/h2-5,14H,6H2,1H3,(H,12,13). The summed E-state index contributed by atoms with van der Waals surface area (Å²) in [6.45, 7) is 1.46. The Kier molecular flexibility index (Phi) is 3.13. The summed E-state index contributed by atoms with van der Waals surface area (Å²) < 4.78 is 0. The maximum atomic E-state index is 10.5. The molecule has 0 saturated heterocycles. The van der Waals surface area contributed by atoms with Crippen molar-refractivity contribution in [3.8, 4) is 0 Å². The van der Waals surface area contributed by atoms with E-state index >= 15 is 0 Å². The van der Waals surface area contributed by atoms with Crippen LogP contribution in [0.5, 0.6) is 0 Å². The highest BCUT2D eigenvalue weighted by Crippen LogP contribution is 2.25. The Balaban J connectivity index is 2.91. The van der Waals surface area contributed by atoms with Crippen molar-refractivity contribution in [3.05, 3.63) is 34.9 Å². The van der Waals surface area contributed by atoms with E-state index in [0.717, 1.165) is 0 Å². The van der Waals surface area contributed by atoms with Gasteiger partial charge in [0.15, 0.2) is 0 Å². The van der Waals surface area contributed by atoms with Crippen LogP contribution in [0.2, 0.25) is 5.02 Å². The Labute approximate surface area is 86.9 Å². The fourth-order valence-corrected chi connectivity index (χ4v) is 1.33. The Hall–Kier alpha value is -1.06. The predicted molar refractivity (Wildman–Crippen MR) is 53.3 cm³/mol. The number of benzene rings is 1. The lowest BCUT2D eigenvalue weighted by Crippen LogP contribution is -2.24. The van der Waals surface area contributed by atoms with Crippen LogP contribution in [0, 0.1) is 0 Å². The van der Waals surface area contributed by atoms with Crippen molar-refractivity contribution in [2.24, 2.45) is 0 Å². The van der Waals surface area contributed by atoms with Gasteiger partial charge >= 0.3 is 5.97 Å². The summed E-state index contributed by atoms with van der Waals surface area (Å²) in [4.78, 5) is 10.5. The average molecular weight is 215 g/mol.